The van der Waals surface area contributed by atoms with E-state index in [0.717, 1.165) is 24.3 Å². The third-order valence-corrected chi connectivity index (χ3v) is 8.20. The number of sulfone groups is 1. The molecule has 162 valence electrons. The molecule has 2 saturated heterocycles. The molecule has 8 heteroatoms. The van der Waals surface area contributed by atoms with Gasteiger partial charge in [0.05, 0.1) is 29.0 Å². The Bertz CT molecular complexity index is 1270. The van der Waals surface area contributed by atoms with E-state index in [1.165, 1.54) is 0 Å². The highest BCUT2D eigenvalue weighted by Crippen LogP contribution is 2.36. The molecule has 5 rings (SSSR count). The number of Topliss-reactive ketones (excluding diaryl/α,β-unsaturated/α-hetero) is 1. The summed E-state index contributed by atoms with van der Waals surface area (Å²) in [6.45, 7) is 7.21. The summed E-state index contributed by atoms with van der Waals surface area (Å²) in [7, 11) is -2.87. The van der Waals surface area contributed by atoms with Crippen LogP contribution >= 0.6 is 0 Å². The Hall–Kier alpha value is -2.74. The second-order valence-electron chi connectivity index (χ2n) is 9.79. The Balaban J connectivity index is 1.46. The molecule has 2 aromatic heterocycles. The van der Waals surface area contributed by atoms with Crippen LogP contribution in [-0.2, 0) is 9.84 Å². The molecule has 2 aliphatic rings. The van der Waals surface area contributed by atoms with Gasteiger partial charge in [-0.05, 0) is 24.0 Å². The fraction of sp³-hybridized carbons (Fsp3) is 0.435. The molecule has 7 nitrogen and oxygen atoms in total. The number of carbonyl (C=O) groups is 1. The van der Waals surface area contributed by atoms with Crippen molar-refractivity contribution in [2.75, 3.05) is 29.5 Å². The lowest BCUT2D eigenvalue weighted by molar-refractivity contribution is 0.0860. The number of aromatic nitrogens is 3. The SMILES string of the molecule is CC(C)(C)C(=O)c1c[nH]c2ncc(-c3cccc(N4CC5CS(=O)(=O)CC5C4)c3)nc12. The second kappa shape index (κ2) is 6.88. The lowest BCUT2D eigenvalue weighted by Gasteiger charge is -2.20. The van der Waals surface area contributed by atoms with Crippen LogP contribution in [0.1, 0.15) is 31.1 Å². The van der Waals surface area contributed by atoms with Gasteiger partial charge in [0.1, 0.15) is 5.52 Å². The smallest absolute Gasteiger partial charge is 0.171 e. The lowest BCUT2D eigenvalue weighted by atomic mass is 9.87. The number of benzene rings is 1. The number of ketones is 1. The summed E-state index contributed by atoms with van der Waals surface area (Å²) in [6.07, 6.45) is 3.41. The van der Waals surface area contributed by atoms with Crippen LogP contribution < -0.4 is 4.90 Å². The first-order valence-corrected chi connectivity index (χ1v) is 12.4. The zero-order valence-electron chi connectivity index (χ0n) is 17.9. The van der Waals surface area contributed by atoms with Gasteiger partial charge in [0.2, 0.25) is 0 Å². The molecule has 0 amide bonds. The molecule has 2 fully saturated rings. The summed E-state index contributed by atoms with van der Waals surface area (Å²) in [4.78, 5) is 27.4. The summed E-state index contributed by atoms with van der Waals surface area (Å²) in [5, 5.41) is 0. The lowest BCUT2D eigenvalue weighted by Crippen LogP contribution is -2.23. The first-order valence-electron chi connectivity index (χ1n) is 10.6. The van der Waals surface area contributed by atoms with Gasteiger partial charge in [0, 0.05) is 36.0 Å². The molecule has 0 spiro atoms. The minimum absolute atomic E-state index is 0.0255. The maximum atomic E-state index is 12.8. The van der Waals surface area contributed by atoms with Crippen LogP contribution in [0.25, 0.3) is 22.4 Å². The highest BCUT2D eigenvalue weighted by molar-refractivity contribution is 7.91. The van der Waals surface area contributed by atoms with Crippen molar-refractivity contribution >= 4 is 32.5 Å². The van der Waals surface area contributed by atoms with Crippen molar-refractivity contribution in [2.24, 2.45) is 17.3 Å². The fourth-order valence-electron chi connectivity index (χ4n) is 4.72. The first kappa shape index (κ1) is 20.2. The largest absolute Gasteiger partial charge is 0.371 e. The Kier molecular flexibility index (Phi) is 4.48. The molecule has 0 bridgehead atoms. The number of anilines is 1. The molecular weight excluding hydrogens is 412 g/mol. The van der Waals surface area contributed by atoms with Gasteiger partial charge < -0.3 is 9.88 Å². The molecule has 31 heavy (non-hydrogen) atoms. The van der Waals surface area contributed by atoms with Crippen LogP contribution in [-0.4, -0.2) is 53.7 Å². The highest BCUT2D eigenvalue weighted by Gasteiger charge is 2.43. The summed E-state index contributed by atoms with van der Waals surface area (Å²) in [6, 6.07) is 8.09. The number of carbonyl (C=O) groups excluding carboxylic acids is 1. The second-order valence-corrected chi connectivity index (χ2v) is 11.9. The van der Waals surface area contributed by atoms with Gasteiger partial charge in [0.25, 0.3) is 0 Å². The van der Waals surface area contributed by atoms with Crippen LogP contribution in [0.2, 0.25) is 0 Å². The molecule has 1 aromatic carbocycles. The minimum atomic E-state index is -2.87. The van der Waals surface area contributed by atoms with E-state index >= 15 is 0 Å². The van der Waals surface area contributed by atoms with Gasteiger partial charge in [-0.2, -0.15) is 0 Å². The number of hydrogen-bond donors (Lipinski definition) is 1. The van der Waals surface area contributed by atoms with Crippen LogP contribution in [0, 0.1) is 17.3 Å². The van der Waals surface area contributed by atoms with Gasteiger partial charge >= 0.3 is 0 Å². The number of fused-ring (bicyclic) bond motifs is 2. The summed E-state index contributed by atoms with van der Waals surface area (Å²) in [5.74, 6) is 1.06. The molecule has 0 aliphatic carbocycles. The van der Waals surface area contributed by atoms with E-state index in [1.54, 1.807) is 12.4 Å². The number of H-pyrrole nitrogens is 1. The van der Waals surface area contributed by atoms with E-state index in [2.05, 4.69) is 27.0 Å². The molecule has 2 aliphatic heterocycles. The molecular formula is C23H26N4O3S. The normalized spacial score (nSPS) is 22.7. The van der Waals surface area contributed by atoms with Crippen LogP contribution in [0.3, 0.4) is 0 Å². The molecule has 2 unspecified atom stereocenters. The average Bonchev–Trinajstić information content (AvgIpc) is 3.36. The van der Waals surface area contributed by atoms with E-state index in [1.807, 2.05) is 32.9 Å². The summed E-state index contributed by atoms with van der Waals surface area (Å²) in [5.41, 5.74) is 3.93. The molecule has 0 radical (unpaired) electrons. The van der Waals surface area contributed by atoms with Crippen molar-refractivity contribution < 1.29 is 13.2 Å². The maximum Gasteiger partial charge on any atom is 0.171 e. The van der Waals surface area contributed by atoms with Crippen LogP contribution in [0.5, 0.6) is 0 Å². The minimum Gasteiger partial charge on any atom is -0.371 e. The van der Waals surface area contributed by atoms with Crippen molar-refractivity contribution in [2.45, 2.75) is 20.8 Å². The molecule has 0 saturated carbocycles. The average molecular weight is 439 g/mol. The maximum absolute atomic E-state index is 12.8. The van der Waals surface area contributed by atoms with E-state index in [9.17, 15) is 13.2 Å². The first-order chi connectivity index (χ1) is 14.6. The standard InChI is InChI=1S/C23H26N4O3S/c1-23(2,3)21(28)18-8-24-22-20(18)26-19(9-25-22)14-5-4-6-17(7-14)27-10-15-12-31(29,30)13-16(15)11-27/h4-9,15-16H,10-13H2,1-3H3,(H,24,25). The molecule has 3 aromatic rings. The van der Waals surface area contributed by atoms with Gasteiger partial charge in [-0.25, -0.2) is 18.4 Å². The zero-order valence-corrected chi connectivity index (χ0v) is 18.7. The Labute approximate surface area is 181 Å². The predicted molar refractivity (Wildman–Crippen MR) is 121 cm³/mol. The van der Waals surface area contributed by atoms with Crippen molar-refractivity contribution in [3.05, 3.63) is 42.2 Å². The molecule has 4 heterocycles. The number of aromatic amines is 1. The van der Waals surface area contributed by atoms with E-state index in [0.29, 0.717) is 33.9 Å². The van der Waals surface area contributed by atoms with E-state index in [-0.39, 0.29) is 17.6 Å². The number of hydrogen-bond acceptors (Lipinski definition) is 6. The van der Waals surface area contributed by atoms with Crippen molar-refractivity contribution in [1.29, 1.82) is 0 Å². The third-order valence-electron chi connectivity index (χ3n) is 6.33. The molecule has 1 N–H and O–H groups in total. The van der Waals surface area contributed by atoms with Gasteiger partial charge in [-0.1, -0.05) is 32.9 Å². The summed E-state index contributed by atoms with van der Waals surface area (Å²) >= 11 is 0. The van der Waals surface area contributed by atoms with Crippen molar-refractivity contribution in [1.82, 2.24) is 15.0 Å². The van der Waals surface area contributed by atoms with Crippen molar-refractivity contribution in [3.63, 3.8) is 0 Å². The monoisotopic (exact) mass is 438 g/mol. The van der Waals surface area contributed by atoms with Crippen LogP contribution in [0.15, 0.2) is 36.7 Å². The highest BCUT2D eigenvalue weighted by atomic mass is 32.2. The molecule has 2 atom stereocenters. The summed E-state index contributed by atoms with van der Waals surface area (Å²) < 4.78 is 23.8. The third kappa shape index (κ3) is 3.63. The number of nitrogens with one attached hydrogen (secondary N) is 1. The Morgan fingerprint density at radius 2 is 1.87 bits per heavy atom. The number of nitrogens with zero attached hydrogens (tertiary/aromatic N) is 3. The Morgan fingerprint density at radius 1 is 1.16 bits per heavy atom. The van der Waals surface area contributed by atoms with Crippen LogP contribution in [0.4, 0.5) is 5.69 Å². The fourth-order valence-corrected chi connectivity index (χ4v) is 6.91. The predicted octanol–water partition coefficient (Wildman–Crippen LogP) is 3.33. The number of rotatable bonds is 3. The van der Waals surface area contributed by atoms with Gasteiger partial charge in [-0.3, -0.25) is 4.79 Å². The van der Waals surface area contributed by atoms with E-state index < -0.39 is 15.3 Å². The Morgan fingerprint density at radius 3 is 2.55 bits per heavy atom. The van der Waals surface area contributed by atoms with Gasteiger partial charge in [-0.15, -0.1) is 0 Å². The van der Waals surface area contributed by atoms with E-state index in [4.69, 9.17) is 4.98 Å². The zero-order chi connectivity index (χ0) is 22.0. The topological polar surface area (TPSA) is 96.0 Å². The quantitative estimate of drug-likeness (QED) is 0.630. The van der Waals surface area contributed by atoms with Gasteiger partial charge in [0.15, 0.2) is 21.3 Å². The van der Waals surface area contributed by atoms with Crippen molar-refractivity contribution in [3.8, 4) is 11.3 Å².